The average Bonchev–Trinajstić information content (AvgIpc) is 2.92. The first-order chi connectivity index (χ1) is 17.6. The first-order valence-corrected chi connectivity index (χ1v) is 13.1. The van der Waals surface area contributed by atoms with Gasteiger partial charge in [-0.3, -0.25) is 9.69 Å². The number of ether oxygens (including phenoxy) is 2. The Kier molecular flexibility index (Phi) is 9.69. The van der Waals surface area contributed by atoms with Crippen molar-refractivity contribution < 1.29 is 19.1 Å². The number of hydrogen-bond acceptors (Lipinski definition) is 8. The van der Waals surface area contributed by atoms with Crippen molar-refractivity contribution in [2.24, 2.45) is 5.92 Å². The monoisotopic (exact) mass is 494 g/mol. The molecule has 2 saturated heterocycles. The van der Waals surface area contributed by atoms with Crippen LogP contribution in [-0.2, 0) is 20.9 Å². The maximum atomic E-state index is 12.3. The summed E-state index contributed by atoms with van der Waals surface area (Å²) in [4.78, 5) is 35.6. The summed E-state index contributed by atoms with van der Waals surface area (Å²) in [6.45, 7) is 9.95. The van der Waals surface area contributed by atoms with E-state index in [0.29, 0.717) is 18.7 Å². The number of piperazine rings is 1. The molecular weight excluding hydrogens is 456 g/mol. The first kappa shape index (κ1) is 26.1. The van der Waals surface area contributed by atoms with Gasteiger partial charge in [-0.2, -0.15) is 0 Å². The van der Waals surface area contributed by atoms with Gasteiger partial charge in [0.05, 0.1) is 18.7 Å². The molecular formula is C28H38N4O4. The van der Waals surface area contributed by atoms with E-state index < -0.39 is 0 Å². The third-order valence-electron chi connectivity index (χ3n) is 7.11. The van der Waals surface area contributed by atoms with Gasteiger partial charge in [-0.05, 0) is 56.3 Å². The zero-order chi connectivity index (χ0) is 25.2. The lowest BCUT2D eigenvalue weighted by atomic mass is 9.93. The van der Waals surface area contributed by atoms with Crippen molar-refractivity contribution in [3.63, 3.8) is 0 Å². The third kappa shape index (κ3) is 7.77. The summed E-state index contributed by atoms with van der Waals surface area (Å²) in [5.41, 5.74) is 1.45. The van der Waals surface area contributed by atoms with E-state index in [9.17, 15) is 9.59 Å². The molecule has 36 heavy (non-hydrogen) atoms. The zero-order valence-electron chi connectivity index (χ0n) is 21.3. The number of esters is 2. The number of nitrogens with zero attached hydrogens (tertiary/aromatic N) is 4. The highest BCUT2D eigenvalue weighted by Gasteiger charge is 2.23. The molecule has 8 heteroatoms. The fraction of sp³-hybridized carbons (Fsp3) is 0.536. The highest BCUT2D eigenvalue weighted by molar-refractivity contribution is 5.89. The van der Waals surface area contributed by atoms with E-state index in [-0.39, 0.29) is 18.5 Å². The number of aromatic nitrogens is 1. The van der Waals surface area contributed by atoms with Crippen LogP contribution in [0.25, 0.3) is 0 Å². The van der Waals surface area contributed by atoms with Crippen molar-refractivity contribution in [3.8, 4) is 0 Å². The highest BCUT2D eigenvalue weighted by Crippen LogP contribution is 2.24. The van der Waals surface area contributed by atoms with Gasteiger partial charge in [-0.15, -0.1) is 0 Å². The molecule has 0 spiro atoms. The van der Waals surface area contributed by atoms with Gasteiger partial charge < -0.3 is 19.3 Å². The molecule has 0 saturated carbocycles. The number of anilines is 1. The van der Waals surface area contributed by atoms with Gasteiger partial charge in [0, 0.05) is 45.5 Å². The van der Waals surface area contributed by atoms with Crippen LogP contribution in [0, 0.1) is 5.92 Å². The largest absolute Gasteiger partial charge is 0.465 e. The number of rotatable bonds is 10. The summed E-state index contributed by atoms with van der Waals surface area (Å²) < 4.78 is 10.5. The zero-order valence-corrected chi connectivity index (χ0v) is 21.3. The fourth-order valence-corrected chi connectivity index (χ4v) is 4.88. The summed E-state index contributed by atoms with van der Waals surface area (Å²) >= 11 is 0. The molecule has 0 bridgehead atoms. The Morgan fingerprint density at radius 2 is 1.64 bits per heavy atom. The molecule has 0 N–H and O–H groups in total. The van der Waals surface area contributed by atoms with Crippen molar-refractivity contribution in [3.05, 3.63) is 59.8 Å². The summed E-state index contributed by atoms with van der Waals surface area (Å²) in [6, 6.07) is 13.4. The SMILES string of the molecule is CCOC(=O)CN1CCN(CCC2CCN(c3ccc(C(=O)OCc4ccccc4)cn3)CC2)CC1. The van der Waals surface area contributed by atoms with Crippen molar-refractivity contribution in [2.75, 3.05) is 63.9 Å². The molecule has 2 aliphatic rings. The van der Waals surface area contributed by atoms with Crippen LogP contribution in [0.1, 0.15) is 42.1 Å². The Hall–Kier alpha value is -2.97. The molecule has 1 aromatic carbocycles. The molecule has 0 unspecified atom stereocenters. The lowest BCUT2D eigenvalue weighted by Crippen LogP contribution is -2.48. The van der Waals surface area contributed by atoms with E-state index in [2.05, 4.69) is 19.7 Å². The molecule has 2 fully saturated rings. The maximum absolute atomic E-state index is 12.3. The number of hydrogen-bond donors (Lipinski definition) is 0. The normalized spacial score (nSPS) is 17.6. The summed E-state index contributed by atoms with van der Waals surface area (Å²) in [7, 11) is 0. The second-order valence-corrected chi connectivity index (χ2v) is 9.61. The standard InChI is InChI=1S/C28H38N4O4/c1-2-35-27(33)21-31-18-16-30(17-19-31)13-10-23-11-14-32(15-12-23)26-9-8-25(20-29-26)28(34)36-22-24-6-4-3-5-7-24/h3-9,20,23H,2,10-19,21-22H2,1H3. The van der Waals surface area contributed by atoms with Gasteiger partial charge in [0.1, 0.15) is 12.4 Å². The topological polar surface area (TPSA) is 75.2 Å². The Balaban J connectivity index is 1.13. The number of carbonyl (C=O) groups excluding carboxylic acids is 2. The summed E-state index contributed by atoms with van der Waals surface area (Å²) in [5, 5.41) is 0. The molecule has 2 aromatic rings. The molecule has 2 aliphatic heterocycles. The maximum Gasteiger partial charge on any atom is 0.340 e. The lowest BCUT2D eigenvalue weighted by Gasteiger charge is -2.36. The van der Waals surface area contributed by atoms with Crippen molar-refractivity contribution in [2.45, 2.75) is 32.8 Å². The minimum Gasteiger partial charge on any atom is -0.465 e. The van der Waals surface area contributed by atoms with E-state index in [1.807, 2.05) is 49.4 Å². The van der Waals surface area contributed by atoms with E-state index in [0.717, 1.165) is 76.0 Å². The van der Waals surface area contributed by atoms with Gasteiger partial charge in [0.15, 0.2) is 0 Å². The van der Waals surface area contributed by atoms with Gasteiger partial charge in [0.2, 0.25) is 0 Å². The van der Waals surface area contributed by atoms with Gasteiger partial charge >= 0.3 is 11.9 Å². The van der Waals surface area contributed by atoms with E-state index in [4.69, 9.17) is 9.47 Å². The van der Waals surface area contributed by atoms with Gasteiger partial charge in [0.25, 0.3) is 0 Å². The molecule has 0 amide bonds. The number of benzene rings is 1. The predicted octanol–water partition coefficient (Wildman–Crippen LogP) is 3.23. The van der Waals surface area contributed by atoms with Crippen LogP contribution in [0.3, 0.4) is 0 Å². The molecule has 194 valence electrons. The average molecular weight is 495 g/mol. The Bertz CT molecular complexity index is 953. The molecule has 1 aromatic heterocycles. The molecule has 4 rings (SSSR count). The van der Waals surface area contributed by atoms with Crippen molar-refractivity contribution in [1.29, 1.82) is 0 Å². The fourth-order valence-electron chi connectivity index (χ4n) is 4.88. The number of pyridine rings is 1. The van der Waals surface area contributed by atoms with Crippen LogP contribution in [0.2, 0.25) is 0 Å². The van der Waals surface area contributed by atoms with E-state index in [1.165, 1.54) is 6.42 Å². The predicted molar refractivity (Wildman–Crippen MR) is 139 cm³/mol. The summed E-state index contributed by atoms with van der Waals surface area (Å²) in [6.07, 6.45) is 5.15. The lowest BCUT2D eigenvalue weighted by molar-refractivity contribution is -0.144. The van der Waals surface area contributed by atoms with Gasteiger partial charge in [-0.1, -0.05) is 30.3 Å². The quantitative estimate of drug-likeness (QED) is 0.466. The van der Waals surface area contributed by atoms with Crippen molar-refractivity contribution >= 4 is 17.8 Å². The van der Waals surface area contributed by atoms with Crippen LogP contribution in [-0.4, -0.2) is 85.7 Å². The Morgan fingerprint density at radius 3 is 2.31 bits per heavy atom. The number of carbonyl (C=O) groups is 2. The van der Waals surface area contributed by atoms with Crippen LogP contribution in [0.5, 0.6) is 0 Å². The second kappa shape index (κ2) is 13.4. The van der Waals surface area contributed by atoms with Crippen LogP contribution in [0.15, 0.2) is 48.7 Å². The third-order valence-corrected chi connectivity index (χ3v) is 7.11. The highest BCUT2D eigenvalue weighted by atomic mass is 16.5. The minimum absolute atomic E-state index is 0.121. The molecule has 8 nitrogen and oxygen atoms in total. The number of piperidine rings is 1. The minimum atomic E-state index is -0.349. The molecule has 3 heterocycles. The van der Waals surface area contributed by atoms with Crippen LogP contribution >= 0.6 is 0 Å². The summed E-state index contributed by atoms with van der Waals surface area (Å²) in [5.74, 6) is 1.18. The first-order valence-electron chi connectivity index (χ1n) is 13.1. The Labute approximate surface area is 214 Å². The molecule has 0 aliphatic carbocycles. The molecule has 0 radical (unpaired) electrons. The van der Waals surface area contributed by atoms with Crippen LogP contribution in [0.4, 0.5) is 5.82 Å². The molecule has 0 atom stereocenters. The Morgan fingerprint density at radius 1 is 0.917 bits per heavy atom. The van der Waals surface area contributed by atoms with E-state index in [1.54, 1.807) is 6.20 Å². The van der Waals surface area contributed by atoms with Gasteiger partial charge in [-0.25, -0.2) is 9.78 Å². The second-order valence-electron chi connectivity index (χ2n) is 9.61. The van der Waals surface area contributed by atoms with Crippen LogP contribution < -0.4 is 4.90 Å². The van der Waals surface area contributed by atoms with E-state index >= 15 is 0 Å². The van der Waals surface area contributed by atoms with Crippen molar-refractivity contribution in [1.82, 2.24) is 14.8 Å². The smallest absolute Gasteiger partial charge is 0.340 e.